The summed E-state index contributed by atoms with van der Waals surface area (Å²) in [5, 5.41) is 12.3. The molecule has 2 aliphatic heterocycles. The van der Waals surface area contributed by atoms with Gasteiger partial charge in [-0.15, -0.1) is 0 Å². The highest BCUT2D eigenvalue weighted by Crippen LogP contribution is 2.50. The highest BCUT2D eigenvalue weighted by Gasteiger charge is 2.43. The molecule has 1 aromatic carbocycles. The van der Waals surface area contributed by atoms with Gasteiger partial charge in [-0.1, -0.05) is 24.6 Å². The van der Waals surface area contributed by atoms with E-state index in [9.17, 15) is 5.11 Å². The molecule has 0 radical (unpaired) electrons. The number of ether oxygens (including phenoxy) is 1. The van der Waals surface area contributed by atoms with E-state index in [0.717, 1.165) is 24.2 Å². The van der Waals surface area contributed by atoms with Crippen LogP contribution in [0.5, 0.6) is 5.75 Å². The molecule has 0 aliphatic carbocycles. The van der Waals surface area contributed by atoms with E-state index in [1.165, 1.54) is 19.3 Å². The Balaban J connectivity index is 1.94. The van der Waals surface area contributed by atoms with Gasteiger partial charge in [0.25, 0.3) is 0 Å². The van der Waals surface area contributed by atoms with Crippen LogP contribution < -0.4 is 4.74 Å². The van der Waals surface area contributed by atoms with Gasteiger partial charge in [0, 0.05) is 16.1 Å². The maximum atomic E-state index is 11.1. The van der Waals surface area contributed by atoms with Gasteiger partial charge in [-0.2, -0.15) is 11.8 Å². The summed E-state index contributed by atoms with van der Waals surface area (Å²) in [5.74, 6) is 0.824. The highest BCUT2D eigenvalue weighted by molar-refractivity contribution is 8.00. The number of fused-ring (bicyclic) bond motifs is 2. The van der Waals surface area contributed by atoms with Gasteiger partial charge in [-0.05, 0) is 31.7 Å². The van der Waals surface area contributed by atoms with Crippen LogP contribution in [0, 0.1) is 0 Å². The Morgan fingerprint density at radius 1 is 1.22 bits per heavy atom. The van der Waals surface area contributed by atoms with Gasteiger partial charge in [0.2, 0.25) is 0 Å². The van der Waals surface area contributed by atoms with Crippen molar-refractivity contribution < 1.29 is 9.84 Å². The van der Waals surface area contributed by atoms with Gasteiger partial charge in [0.05, 0.1) is 12.7 Å². The average Bonchev–Trinajstić information content (AvgIpc) is 2.38. The smallest absolute Gasteiger partial charge is 0.124 e. The fourth-order valence-electron chi connectivity index (χ4n) is 3.37. The van der Waals surface area contributed by atoms with E-state index in [1.807, 2.05) is 24.3 Å². The number of aliphatic hydroxyl groups is 1. The molecular weight excluding hydrogens is 244 g/mol. The Morgan fingerprint density at radius 3 is 2.56 bits per heavy atom. The Kier molecular flexibility index (Phi) is 3.29. The van der Waals surface area contributed by atoms with E-state index in [0.29, 0.717) is 10.5 Å². The van der Waals surface area contributed by atoms with E-state index in [-0.39, 0.29) is 0 Å². The summed E-state index contributed by atoms with van der Waals surface area (Å²) in [5.41, 5.74) is 0.290. The van der Waals surface area contributed by atoms with Gasteiger partial charge < -0.3 is 9.84 Å². The minimum absolute atomic E-state index is 0.618. The monoisotopic (exact) mass is 264 g/mol. The number of rotatable bonds is 2. The van der Waals surface area contributed by atoms with Crippen LogP contribution in [0.3, 0.4) is 0 Å². The summed E-state index contributed by atoms with van der Waals surface area (Å²) in [4.78, 5) is 0. The summed E-state index contributed by atoms with van der Waals surface area (Å²) >= 11 is 2.08. The fourth-order valence-corrected chi connectivity index (χ4v) is 5.26. The molecule has 18 heavy (non-hydrogen) atoms. The molecule has 2 heterocycles. The number of para-hydroxylation sites is 1. The number of methoxy groups -OCH3 is 1. The second kappa shape index (κ2) is 4.78. The van der Waals surface area contributed by atoms with Crippen molar-refractivity contribution in [1.29, 1.82) is 0 Å². The first kappa shape index (κ1) is 12.4. The molecule has 0 spiro atoms. The largest absolute Gasteiger partial charge is 0.496 e. The van der Waals surface area contributed by atoms with Crippen LogP contribution in [0.2, 0.25) is 0 Å². The zero-order chi connectivity index (χ0) is 12.6. The van der Waals surface area contributed by atoms with Crippen molar-refractivity contribution in [1.82, 2.24) is 0 Å². The molecule has 2 saturated heterocycles. The number of benzene rings is 1. The van der Waals surface area contributed by atoms with Gasteiger partial charge in [-0.3, -0.25) is 0 Å². The zero-order valence-corrected chi connectivity index (χ0v) is 11.6. The number of hydrogen-bond donors (Lipinski definition) is 1. The third-order valence-corrected chi connectivity index (χ3v) is 5.75. The topological polar surface area (TPSA) is 29.5 Å². The lowest BCUT2D eigenvalue weighted by Gasteiger charge is -2.44. The molecular formula is C15H20O2S. The quantitative estimate of drug-likeness (QED) is 0.888. The second-order valence-corrected chi connectivity index (χ2v) is 7.06. The van der Waals surface area contributed by atoms with Gasteiger partial charge in [-0.25, -0.2) is 0 Å². The standard InChI is InChI=1S/C15H20O2S/c1-17-14-8-3-2-7-13(14)15(16)9-11-5-4-6-12(10-15)18-11/h2-3,7-8,11-12,16H,4-6,9-10H2,1H3. The predicted octanol–water partition coefficient (Wildman–Crippen LogP) is 3.33. The van der Waals surface area contributed by atoms with Gasteiger partial charge >= 0.3 is 0 Å². The first-order chi connectivity index (χ1) is 8.71. The van der Waals surface area contributed by atoms with E-state index < -0.39 is 5.60 Å². The summed E-state index contributed by atoms with van der Waals surface area (Å²) in [7, 11) is 1.68. The molecule has 3 rings (SSSR count). The SMILES string of the molecule is COc1ccccc1C1(O)CC2CCCC(C1)S2. The van der Waals surface area contributed by atoms with Gasteiger partial charge in [0.1, 0.15) is 5.75 Å². The molecule has 0 saturated carbocycles. The molecule has 2 bridgehead atoms. The number of thioether (sulfide) groups is 1. The van der Waals surface area contributed by atoms with Crippen LogP contribution in [0.25, 0.3) is 0 Å². The third kappa shape index (κ3) is 2.14. The predicted molar refractivity (Wildman–Crippen MR) is 75.1 cm³/mol. The second-order valence-electron chi connectivity index (χ2n) is 5.45. The van der Waals surface area contributed by atoms with Gasteiger partial charge in [0.15, 0.2) is 0 Å². The van der Waals surface area contributed by atoms with E-state index in [1.54, 1.807) is 7.11 Å². The molecule has 1 aromatic rings. The van der Waals surface area contributed by atoms with Crippen LogP contribution in [0.1, 0.15) is 37.7 Å². The first-order valence-corrected chi connectivity index (χ1v) is 7.67. The molecule has 2 fully saturated rings. The maximum Gasteiger partial charge on any atom is 0.124 e. The fraction of sp³-hybridized carbons (Fsp3) is 0.600. The van der Waals surface area contributed by atoms with Crippen molar-refractivity contribution in [2.24, 2.45) is 0 Å². The van der Waals surface area contributed by atoms with Crippen molar-refractivity contribution in [3.8, 4) is 5.75 Å². The molecule has 98 valence electrons. The molecule has 2 aliphatic rings. The van der Waals surface area contributed by atoms with Crippen LogP contribution in [-0.2, 0) is 5.60 Å². The maximum absolute atomic E-state index is 11.1. The molecule has 3 heteroatoms. The Bertz CT molecular complexity index is 420. The third-order valence-electron chi connectivity index (χ3n) is 4.18. The summed E-state index contributed by atoms with van der Waals surface area (Å²) in [6.07, 6.45) is 5.56. The lowest BCUT2D eigenvalue weighted by molar-refractivity contribution is 0.00610. The zero-order valence-electron chi connectivity index (χ0n) is 10.8. The Hall–Kier alpha value is -0.670. The van der Waals surface area contributed by atoms with Crippen molar-refractivity contribution in [3.05, 3.63) is 29.8 Å². The lowest BCUT2D eigenvalue weighted by atomic mass is 9.80. The van der Waals surface area contributed by atoms with Crippen LogP contribution in [-0.4, -0.2) is 22.7 Å². The minimum Gasteiger partial charge on any atom is -0.496 e. The van der Waals surface area contributed by atoms with E-state index >= 15 is 0 Å². The van der Waals surface area contributed by atoms with Crippen molar-refractivity contribution >= 4 is 11.8 Å². The average molecular weight is 264 g/mol. The molecule has 1 N–H and O–H groups in total. The van der Waals surface area contributed by atoms with E-state index in [4.69, 9.17) is 4.74 Å². The lowest BCUT2D eigenvalue weighted by Crippen LogP contribution is -2.40. The minimum atomic E-state index is -0.687. The number of hydrogen-bond acceptors (Lipinski definition) is 3. The first-order valence-electron chi connectivity index (χ1n) is 6.72. The van der Waals surface area contributed by atoms with Crippen LogP contribution >= 0.6 is 11.8 Å². The van der Waals surface area contributed by atoms with Crippen LogP contribution in [0.4, 0.5) is 0 Å². The van der Waals surface area contributed by atoms with Crippen molar-refractivity contribution in [2.45, 2.75) is 48.2 Å². The van der Waals surface area contributed by atoms with E-state index in [2.05, 4.69) is 11.8 Å². The highest BCUT2D eigenvalue weighted by atomic mass is 32.2. The Morgan fingerprint density at radius 2 is 1.89 bits per heavy atom. The molecule has 2 nitrogen and oxygen atoms in total. The van der Waals surface area contributed by atoms with Crippen molar-refractivity contribution in [2.75, 3.05) is 7.11 Å². The Labute approximate surface area is 113 Å². The molecule has 2 unspecified atom stereocenters. The summed E-state index contributed by atoms with van der Waals surface area (Å²) in [6.45, 7) is 0. The summed E-state index contributed by atoms with van der Waals surface area (Å²) < 4.78 is 5.42. The van der Waals surface area contributed by atoms with Crippen LogP contribution in [0.15, 0.2) is 24.3 Å². The summed E-state index contributed by atoms with van der Waals surface area (Å²) in [6, 6.07) is 7.92. The molecule has 2 atom stereocenters. The van der Waals surface area contributed by atoms with Crippen molar-refractivity contribution in [3.63, 3.8) is 0 Å². The molecule has 0 aromatic heterocycles. The molecule has 0 amide bonds. The normalized spacial score (nSPS) is 35.2.